The van der Waals surface area contributed by atoms with Crippen LogP contribution in [0.2, 0.25) is 0 Å². The van der Waals surface area contributed by atoms with Gasteiger partial charge in [-0.25, -0.2) is 4.89 Å². The molecular weight excluding hydrogens is 240 g/mol. The average Bonchev–Trinajstić information content (AvgIpc) is 2.62. The van der Waals surface area contributed by atoms with Gasteiger partial charge in [0.2, 0.25) is 0 Å². The van der Waals surface area contributed by atoms with Gasteiger partial charge in [0, 0.05) is 11.3 Å². The van der Waals surface area contributed by atoms with Crippen LogP contribution in [0.1, 0.15) is 39.0 Å². The minimum absolute atomic E-state index is 0.122. The van der Waals surface area contributed by atoms with E-state index in [0.29, 0.717) is 12.2 Å². The Morgan fingerprint density at radius 2 is 2.05 bits per heavy atom. The average molecular weight is 262 g/mol. The molecule has 2 saturated carbocycles. The molecule has 3 nitrogen and oxygen atoms in total. The standard InChI is InChI=1S/C16H22O3/c1-10-6-5-7-15(4)9-14-13(8-16(10,15)19-17)11(2)12(3)18-14/h13-14,17H,1-3,5-9H2,4H3/t13-,14-,15-,16-/m1/s1. The fourth-order valence-corrected chi connectivity index (χ4v) is 4.36. The lowest BCUT2D eigenvalue weighted by Crippen LogP contribution is -2.58. The third-order valence-corrected chi connectivity index (χ3v) is 5.62. The predicted octanol–water partition coefficient (Wildman–Crippen LogP) is 3.84. The molecule has 3 fully saturated rings. The quantitative estimate of drug-likeness (QED) is 0.443. The van der Waals surface area contributed by atoms with E-state index in [2.05, 4.69) is 26.7 Å². The summed E-state index contributed by atoms with van der Waals surface area (Å²) in [5.41, 5.74) is 1.18. The lowest BCUT2D eigenvalue weighted by Gasteiger charge is -2.56. The highest BCUT2D eigenvalue weighted by Crippen LogP contribution is 2.61. The van der Waals surface area contributed by atoms with Gasteiger partial charge in [-0.2, -0.15) is 0 Å². The van der Waals surface area contributed by atoms with Crippen molar-refractivity contribution in [3.8, 4) is 0 Å². The molecule has 0 aromatic heterocycles. The van der Waals surface area contributed by atoms with Crippen LogP contribution in [0, 0.1) is 11.3 Å². The van der Waals surface area contributed by atoms with E-state index in [1.807, 2.05) is 0 Å². The van der Waals surface area contributed by atoms with Gasteiger partial charge < -0.3 is 4.74 Å². The first-order chi connectivity index (χ1) is 8.93. The fourth-order valence-electron chi connectivity index (χ4n) is 4.36. The van der Waals surface area contributed by atoms with Crippen molar-refractivity contribution in [1.82, 2.24) is 0 Å². The first-order valence-electron chi connectivity index (χ1n) is 6.99. The molecule has 0 amide bonds. The molecule has 3 rings (SSSR count). The highest BCUT2D eigenvalue weighted by Gasteiger charge is 2.61. The summed E-state index contributed by atoms with van der Waals surface area (Å²) in [5, 5.41) is 9.63. The van der Waals surface area contributed by atoms with Crippen molar-refractivity contribution >= 4 is 0 Å². The summed E-state index contributed by atoms with van der Waals surface area (Å²) >= 11 is 0. The zero-order chi connectivity index (χ0) is 13.8. The van der Waals surface area contributed by atoms with Crippen molar-refractivity contribution < 1.29 is 14.9 Å². The van der Waals surface area contributed by atoms with Gasteiger partial charge in [-0.3, -0.25) is 5.26 Å². The van der Waals surface area contributed by atoms with Crippen LogP contribution in [0.5, 0.6) is 0 Å². The number of fused-ring (bicyclic) bond motifs is 2. The largest absolute Gasteiger partial charge is 0.490 e. The Kier molecular flexibility index (Phi) is 2.70. The normalized spacial score (nSPS) is 45.7. The first-order valence-corrected chi connectivity index (χ1v) is 6.99. The minimum atomic E-state index is -0.649. The van der Waals surface area contributed by atoms with E-state index in [0.717, 1.165) is 36.8 Å². The smallest absolute Gasteiger partial charge is 0.130 e. The maximum Gasteiger partial charge on any atom is 0.130 e. The molecule has 0 bridgehead atoms. The summed E-state index contributed by atoms with van der Waals surface area (Å²) in [6, 6.07) is 0. The molecule has 104 valence electrons. The van der Waals surface area contributed by atoms with Gasteiger partial charge in [-0.15, -0.1) is 0 Å². The van der Waals surface area contributed by atoms with Gasteiger partial charge in [0.15, 0.2) is 0 Å². The number of rotatable bonds is 1. The second-order valence-electron chi connectivity index (χ2n) is 6.56. The van der Waals surface area contributed by atoms with E-state index >= 15 is 0 Å². The highest BCUT2D eigenvalue weighted by atomic mass is 17.1. The molecule has 0 aromatic carbocycles. The van der Waals surface area contributed by atoms with Gasteiger partial charge in [-0.1, -0.05) is 26.7 Å². The second-order valence-corrected chi connectivity index (χ2v) is 6.56. The Labute approximate surface area is 114 Å². The van der Waals surface area contributed by atoms with E-state index < -0.39 is 5.60 Å². The monoisotopic (exact) mass is 262 g/mol. The summed E-state index contributed by atoms with van der Waals surface area (Å²) in [7, 11) is 0. The third-order valence-electron chi connectivity index (χ3n) is 5.62. The molecular formula is C16H22O3. The van der Waals surface area contributed by atoms with Crippen LogP contribution in [0.25, 0.3) is 0 Å². The first kappa shape index (κ1) is 12.9. The number of hydrogen-bond acceptors (Lipinski definition) is 3. The van der Waals surface area contributed by atoms with Crippen molar-refractivity contribution in [2.45, 2.75) is 50.7 Å². The Hall–Kier alpha value is -1.06. The molecule has 1 aliphatic heterocycles. The molecule has 0 spiro atoms. The zero-order valence-electron chi connectivity index (χ0n) is 11.6. The minimum Gasteiger partial charge on any atom is -0.490 e. The van der Waals surface area contributed by atoms with Crippen LogP contribution in [-0.2, 0) is 9.62 Å². The van der Waals surface area contributed by atoms with Gasteiger partial charge in [0.25, 0.3) is 0 Å². The van der Waals surface area contributed by atoms with Crippen LogP contribution in [-0.4, -0.2) is 17.0 Å². The Bertz CT molecular complexity index is 467. The third kappa shape index (κ3) is 1.52. The molecule has 1 saturated heterocycles. The molecule has 0 aromatic rings. The maximum absolute atomic E-state index is 9.63. The Morgan fingerprint density at radius 1 is 1.32 bits per heavy atom. The second kappa shape index (κ2) is 3.97. The van der Waals surface area contributed by atoms with Gasteiger partial charge in [-0.05, 0) is 43.3 Å². The maximum atomic E-state index is 9.63. The fraction of sp³-hybridized carbons (Fsp3) is 0.625. The number of allylic oxidation sites excluding steroid dienone is 1. The van der Waals surface area contributed by atoms with Crippen LogP contribution >= 0.6 is 0 Å². The Morgan fingerprint density at radius 3 is 2.74 bits per heavy atom. The van der Waals surface area contributed by atoms with Gasteiger partial charge in [0.1, 0.15) is 17.5 Å². The lowest BCUT2D eigenvalue weighted by atomic mass is 9.53. The van der Waals surface area contributed by atoms with Crippen molar-refractivity contribution in [3.05, 3.63) is 36.6 Å². The summed E-state index contributed by atoms with van der Waals surface area (Å²) in [4.78, 5) is 5.06. The molecule has 1 N–H and O–H groups in total. The molecule has 4 atom stereocenters. The molecule has 2 aliphatic carbocycles. The van der Waals surface area contributed by atoms with E-state index in [9.17, 15) is 5.26 Å². The van der Waals surface area contributed by atoms with Crippen molar-refractivity contribution in [2.24, 2.45) is 11.3 Å². The van der Waals surface area contributed by atoms with Crippen LogP contribution in [0.15, 0.2) is 36.6 Å². The van der Waals surface area contributed by atoms with E-state index in [4.69, 9.17) is 9.62 Å². The summed E-state index contributed by atoms with van der Waals surface area (Å²) in [6.07, 6.45) is 4.72. The molecule has 3 aliphatic rings. The van der Waals surface area contributed by atoms with Crippen LogP contribution < -0.4 is 0 Å². The molecule has 0 unspecified atom stereocenters. The lowest BCUT2D eigenvalue weighted by molar-refractivity contribution is -0.357. The number of hydrogen-bond donors (Lipinski definition) is 1. The predicted molar refractivity (Wildman–Crippen MR) is 73.4 cm³/mol. The molecule has 3 heteroatoms. The Balaban J connectivity index is 2.03. The summed E-state index contributed by atoms with van der Waals surface area (Å²) in [5.74, 6) is 0.874. The van der Waals surface area contributed by atoms with Gasteiger partial charge in [0.05, 0.1) is 0 Å². The van der Waals surface area contributed by atoms with E-state index in [-0.39, 0.29) is 17.4 Å². The highest BCUT2D eigenvalue weighted by molar-refractivity contribution is 5.35. The molecule has 1 heterocycles. The van der Waals surface area contributed by atoms with E-state index in [1.165, 1.54) is 0 Å². The summed E-state index contributed by atoms with van der Waals surface area (Å²) < 4.78 is 5.86. The SMILES string of the molecule is C=C1O[C@@H]2C[C@@]3(C)CCCC(=C)[C@]3(OO)C[C@@H]2C1=C. The molecule has 0 radical (unpaired) electrons. The van der Waals surface area contributed by atoms with Crippen molar-refractivity contribution in [2.75, 3.05) is 0 Å². The van der Waals surface area contributed by atoms with Crippen LogP contribution in [0.3, 0.4) is 0 Å². The molecule has 19 heavy (non-hydrogen) atoms. The van der Waals surface area contributed by atoms with Gasteiger partial charge >= 0.3 is 0 Å². The van der Waals surface area contributed by atoms with E-state index in [1.54, 1.807) is 0 Å². The number of ether oxygens (including phenoxy) is 1. The zero-order valence-corrected chi connectivity index (χ0v) is 11.6. The van der Waals surface area contributed by atoms with Crippen molar-refractivity contribution in [3.63, 3.8) is 0 Å². The van der Waals surface area contributed by atoms with Crippen molar-refractivity contribution in [1.29, 1.82) is 0 Å². The van der Waals surface area contributed by atoms with Crippen LogP contribution in [0.4, 0.5) is 0 Å². The summed E-state index contributed by atoms with van der Waals surface area (Å²) in [6.45, 7) is 14.3. The topological polar surface area (TPSA) is 38.7 Å².